The van der Waals surface area contributed by atoms with Crippen LogP contribution < -0.4 is 0 Å². The Balaban J connectivity index is 1.68. The highest BCUT2D eigenvalue weighted by atomic mass is 33.1. The fraction of sp³-hybridized carbons (Fsp3) is 0.333. The summed E-state index contributed by atoms with van der Waals surface area (Å²) < 4.78 is 0. The molecule has 3 rings (SSSR count). The zero-order valence-corrected chi connectivity index (χ0v) is 13.2. The number of benzene rings is 2. The van der Waals surface area contributed by atoms with E-state index in [0.29, 0.717) is 0 Å². The van der Waals surface area contributed by atoms with E-state index in [4.69, 9.17) is 0 Å². The van der Waals surface area contributed by atoms with Crippen molar-refractivity contribution in [3.05, 3.63) is 71.8 Å². The Labute approximate surface area is 129 Å². The van der Waals surface area contributed by atoms with E-state index >= 15 is 0 Å². The molecule has 104 valence electrons. The smallest absolute Gasteiger partial charge is 0.00715 e. The van der Waals surface area contributed by atoms with Crippen molar-refractivity contribution in [3.63, 3.8) is 0 Å². The van der Waals surface area contributed by atoms with Crippen LogP contribution in [-0.2, 0) is 12.8 Å². The van der Waals surface area contributed by atoms with Crippen molar-refractivity contribution < 1.29 is 0 Å². The van der Waals surface area contributed by atoms with E-state index in [2.05, 4.69) is 82.3 Å². The summed E-state index contributed by atoms with van der Waals surface area (Å²) >= 11 is 0. The highest BCUT2D eigenvalue weighted by Gasteiger charge is 2.26. The van der Waals surface area contributed by atoms with Crippen LogP contribution in [-0.4, -0.2) is 11.5 Å². The Morgan fingerprint density at radius 3 is 1.45 bits per heavy atom. The lowest BCUT2D eigenvalue weighted by molar-refractivity contribution is 0.395. The van der Waals surface area contributed by atoms with E-state index in [1.807, 2.05) is 0 Å². The SMILES string of the molecule is c1ccc(CC2CSSCC2Cc2ccccc2)cc1. The summed E-state index contributed by atoms with van der Waals surface area (Å²) in [7, 11) is 4.11. The second-order valence-corrected chi connectivity index (χ2v) is 8.02. The molecule has 0 saturated carbocycles. The molecule has 0 aliphatic carbocycles. The Bertz CT molecular complexity index is 460. The average molecular weight is 300 g/mol. The summed E-state index contributed by atoms with van der Waals surface area (Å²) in [6.45, 7) is 0. The normalized spacial score (nSPS) is 22.6. The highest BCUT2D eigenvalue weighted by Crippen LogP contribution is 2.39. The molecule has 2 atom stereocenters. The Kier molecular flexibility index (Phi) is 5.10. The Morgan fingerprint density at radius 2 is 1.05 bits per heavy atom. The third-order valence-corrected chi connectivity index (χ3v) is 6.61. The largest absolute Gasteiger partial charge is 0.0938 e. The lowest BCUT2D eigenvalue weighted by Crippen LogP contribution is -2.26. The first kappa shape index (κ1) is 14.1. The molecule has 0 aromatic heterocycles. The lowest BCUT2D eigenvalue weighted by atomic mass is 9.85. The number of hydrogen-bond donors (Lipinski definition) is 0. The van der Waals surface area contributed by atoms with Gasteiger partial charge in [0.05, 0.1) is 0 Å². The van der Waals surface area contributed by atoms with E-state index in [-0.39, 0.29) is 0 Å². The van der Waals surface area contributed by atoms with Gasteiger partial charge in [-0.25, -0.2) is 0 Å². The van der Waals surface area contributed by atoms with Crippen LogP contribution in [0.1, 0.15) is 11.1 Å². The molecule has 0 N–H and O–H groups in total. The van der Waals surface area contributed by atoms with Gasteiger partial charge in [0.15, 0.2) is 0 Å². The third-order valence-electron chi connectivity index (χ3n) is 4.00. The van der Waals surface area contributed by atoms with E-state index in [1.165, 1.54) is 35.5 Å². The summed E-state index contributed by atoms with van der Waals surface area (Å²) in [6.07, 6.45) is 2.46. The molecule has 2 heteroatoms. The predicted molar refractivity (Wildman–Crippen MR) is 92.2 cm³/mol. The summed E-state index contributed by atoms with van der Waals surface area (Å²) in [5, 5.41) is 0. The van der Waals surface area contributed by atoms with Crippen molar-refractivity contribution in [1.29, 1.82) is 0 Å². The fourth-order valence-corrected chi connectivity index (χ4v) is 5.78. The molecular weight excluding hydrogens is 280 g/mol. The average Bonchev–Trinajstić information content (AvgIpc) is 2.51. The molecule has 0 radical (unpaired) electrons. The molecule has 0 bridgehead atoms. The monoisotopic (exact) mass is 300 g/mol. The maximum absolute atomic E-state index is 2.27. The zero-order valence-electron chi connectivity index (χ0n) is 11.6. The van der Waals surface area contributed by atoms with Gasteiger partial charge in [-0.1, -0.05) is 82.3 Å². The minimum absolute atomic E-state index is 0.809. The van der Waals surface area contributed by atoms with Gasteiger partial charge in [0.2, 0.25) is 0 Å². The maximum atomic E-state index is 2.27. The molecule has 1 aliphatic heterocycles. The predicted octanol–water partition coefficient (Wildman–Crippen LogP) is 5.10. The molecule has 2 aromatic carbocycles. The maximum Gasteiger partial charge on any atom is 0.00715 e. The molecule has 0 amide bonds. The first-order valence-corrected chi connectivity index (χ1v) is 9.73. The number of hydrogen-bond acceptors (Lipinski definition) is 2. The van der Waals surface area contributed by atoms with Crippen molar-refractivity contribution >= 4 is 21.6 Å². The minimum atomic E-state index is 0.809. The van der Waals surface area contributed by atoms with Gasteiger partial charge in [-0.2, -0.15) is 0 Å². The van der Waals surface area contributed by atoms with Crippen molar-refractivity contribution in [3.8, 4) is 0 Å². The first-order chi connectivity index (χ1) is 9.92. The molecule has 0 spiro atoms. The van der Waals surface area contributed by atoms with Crippen LogP contribution in [0.15, 0.2) is 60.7 Å². The van der Waals surface area contributed by atoms with Crippen LogP contribution in [0.4, 0.5) is 0 Å². The van der Waals surface area contributed by atoms with Gasteiger partial charge in [0, 0.05) is 11.5 Å². The van der Waals surface area contributed by atoms with Gasteiger partial charge < -0.3 is 0 Å². The highest BCUT2D eigenvalue weighted by molar-refractivity contribution is 8.76. The molecule has 0 nitrogen and oxygen atoms in total. The molecule has 1 fully saturated rings. The molecular formula is C18H20S2. The minimum Gasteiger partial charge on any atom is -0.0938 e. The van der Waals surface area contributed by atoms with Gasteiger partial charge in [0.25, 0.3) is 0 Å². The number of rotatable bonds is 4. The van der Waals surface area contributed by atoms with Crippen molar-refractivity contribution in [1.82, 2.24) is 0 Å². The van der Waals surface area contributed by atoms with Crippen LogP contribution >= 0.6 is 21.6 Å². The van der Waals surface area contributed by atoms with Gasteiger partial charge in [-0.3, -0.25) is 0 Å². The standard InChI is InChI=1S/C18H20S2/c1-3-7-15(8-4-1)11-17-13-19-20-14-18(17)12-16-9-5-2-6-10-16/h1-10,17-18H,11-14H2. The molecule has 1 saturated heterocycles. The topological polar surface area (TPSA) is 0 Å². The van der Waals surface area contributed by atoms with Crippen LogP contribution in [0.5, 0.6) is 0 Å². The lowest BCUT2D eigenvalue weighted by Gasteiger charge is -2.31. The zero-order chi connectivity index (χ0) is 13.6. The van der Waals surface area contributed by atoms with E-state index < -0.39 is 0 Å². The van der Waals surface area contributed by atoms with Crippen molar-refractivity contribution in [2.24, 2.45) is 11.8 Å². The molecule has 2 aromatic rings. The molecule has 20 heavy (non-hydrogen) atoms. The summed E-state index contributed by atoms with van der Waals surface area (Å²) in [5.41, 5.74) is 2.98. The summed E-state index contributed by atoms with van der Waals surface area (Å²) in [5.74, 6) is 4.20. The first-order valence-electron chi connectivity index (χ1n) is 7.24. The van der Waals surface area contributed by atoms with Crippen LogP contribution in [0.2, 0.25) is 0 Å². The van der Waals surface area contributed by atoms with Crippen molar-refractivity contribution in [2.75, 3.05) is 11.5 Å². The van der Waals surface area contributed by atoms with Gasteiger partial charge >= 0.3 is 0 Å². The van der Waals surface area contributed by atoms with Crippen molar-refractivity contribution in [2.45, 2.75) is 12.8 Å². The summed E-state index contributed by atoms with van der Waals surface area (Å²) in [6, 6.07) is 21.9. The second-order valence-electron chi connectivity index (χ2n) is 5.47. The quantitative estimate of drug-likeness (QED) is 0.721. The Hall–Kier alpha value is -0.860. The van der Waals surface area contributed by atoms with Gasteiger partial charge in [0.1, 0.15) is 0 Å². The van der Waals surface area contributed by atoms with E-state index in [9.17, 15) is 0 Å². The molecule has 1 heterocycles. The van der Waals surface area contributed by atoms with Crippen LogP contribution in [0.3, 0.4) is 0 Å². The van der Waals surface area contributed by atoms with Crippen LogP contribution in [0, 0.1) is 11.8 Å². The molecule has 1 aliphatic rings. The third kappa shape index (κ3) is 3.83. The fourth-order valence-electron chi connectivity index (χ4n) is 2.83. The Morgan fingerprint density at radius 1 is 0.650 bits per heavy atom. The second kappa shape index (κ2) is 7.24. The van der Waals surface area contributed by atoms with E-state index in [0.717, 1.165) is 11.8 Å². The van der Waals surface area contributed by atoms with E-state index in [1.54, 1.807) is 0 Å². The van der Waals surface area contributed by atoms with Gasteiger partial charge in [-0.05, 0) is 35.8 Å². The molecule has 2 unspecified atom stereocenters. The van der Waals surface area contributed by atoms with Gasteiger partial charge in [-0.15, -0.1) is 0 Å². The summed E-state index contributed by atoms with van der Waals surface area (Å²) in [4.78, 5) is 0. The van der Waals surface area contributed by atoms with Crippen LogP contribution in [0.25, 0.3) is 0 Å².